The van der Waals surface area contributed by atoms with Crippen LogP contribution < -0.4 is 11.2 Å². The lowest BCUT2D eigenvalue weighted by Gasteiger charge is -2.39. The molecule has 31 heavy (non-hydrogen) atoms. The number of carbonyl (C=O) groups excluding carboxylic acids is 1. The van der Waals surface area contributed by atoms with E-state index in [-0.39, 0.29) is 18.3 Å². The Labute approximate surface area is 186 Å². The molecule has 2 aliphatic rings. The van der Waals surface area contributed by atoms with E-state index in [2.05, 4.69) is 17.6 Å². The first kappa shape index (κ1) is 24.2. The molecule has 2 saturated heterocycles. The molecule has 1 unspecified atom stereocenters. The third-order valence-electron chi connectivity index (χ3n) is 5.55. The van der Waals surface area contributed by atoms with Crippen molar-refractivity contribution in [1.29, 1.82) is 0 Å². The maximum Gasteiger partial charge on any atom is 0.330 e. The number of H-pyrrole nitrogens is 1. The average Bonchev–Trinajstić information content (AvgIpc) is 2.74. The molecule has 0 aromatic carbocycles. The van der Waals surface area contributed by atoms with E-state index in [0.717, 1.165) is 0 Å². The fourth-order valence-corrected chi connectivity index (χ4v) is 5.47. The van der Waals surface area contributed by atoms with Gasteiger partial charge in [-0.05, 0) is 14.0 Å². The van der Waals surface area contributed by atoms with Crippen molar-refractivity contribution in [3.05, 3.63) is 32.6 Å². The van der Waals surface area contributed by atoms with Crippen LogP contribution in [0.4, 0.5) is 0 Å². The molecule has 0 spiro atoms. The summed E-state index contributed by atoms with van der Waals surface area (Å²) in [4.78, 5) is 41.6. The third-order valence-corrected chi connectivity index (χ3v) is 7.87. The van der Waals surface area contributed by atoms with Crippen LogP contribution >= 0.6 is 20.1 Å². The van der Waals surface area contributed by atoms with E-state index < -0.39 is 31.1 Å². The van der Waals surface area contributed by atoms with Crippen molar-refractivity contribution in [2.45, 2.75) is 19.3 Å². The number of likely N-dealkylation sites (N-methyl/N-ethyl adjacent to an activating group) is 1. The minimum absolute atomic E-state index is 0.0349. The van der Waals surface area contributed by atoms with Crippen molar-refractivity contribution in [3.63, 3.8) is 0 Å². The number of thiol groups is 1. The van der Waals surface area contributed by atoms with Crippen molar-refractivity contribution >= 4 is 26.1 Å². The van der Waals surface area contributed by atoms with Gasteiger partial charge in [-0.3, -0.25) is 28.6 Å². The summed E-state index contributed by atoms with van der Waals surface area (Å²) in [5.41, 5.74) is -0.545. The van der Waals surface area contributed by atoms with Crippen LogP contribution in [0, 0.1) is 6.92 Å². The van der Waals surface area contributed by atoms with Gasteiger partial charge in [-0.15, -0.1) is 0 Å². The van der Waals surface area contributed by atoms with E-state index in [9.17, 15) is 18.9 Å². The standard InChI is InChI=1S/C18H30N5O6PS/c1-13-8-23(18(26)19-17(13)25)16-10-20(2)9-14(29-16)11-28-30(3,27)22-6-4-21(5-7-22)15(24)12-31/h8,14,16,31H,4-7,9-12H2,1-3H3,(H,19,25,26)/t14-,16?,30-/m0/s1. The van der Waals surface area contributed by atoms with Crippen LogP contribution in [0.1, 0.15) is 11.8 Å². The molecule has 1 N–H and O–H groups in total. The summed E-state index contributed by atoms with van der Waals surface area (Å²) in [6.45, 7) is 6.22. The lowest BCUT2D eigenvalue weighted by Crippen LogP contribution is -2.49. The highest BCUT2D eigenvalue weighted by atomic mass is 32.1. The first-order chi connectivity index (χ1) is 14.6. The largest absolute Gasteiger partial charge is 0.350 e. The highest BCUT2D eigenvalue weighted by Crippen LogP contribution is 2.47. The number of hydrogen-bond acceptors (Lipinski definition) is 8. The molecule has 2 fully saturated rings. The van der Waals surface area contributed by atoms with Crippen molar-refractivity contribution in [1.82, 2.24) is 24.0 Å². The summed E-state index contributed by atoms with van der Waals surface area (Å²) in [6.07, 6.45) is 0.491. The van der Waals surface area contributed by atoms with Gasteiger partial charge in [-0.2, -0.15) is 12.6 Å². The van der Waals surface area contributed by atoms with Crippen LogP contribution in [0.5, 0.6) is 0 Å². The third kappa shape index (κ3) is 5.88. The molecular weight excluding hydrogens is 445 g/mol. The molecule has 13 heteroatoms. The number of piperazine rings is 1. The van der Waals surface area contributed by atoms with Gasteiger partial charge in [-0.25, -0.2) is 9.46 Å². The smallest absolute Gasteiger partial charge is 0.330 e. The molecule has 1 aromatic rings. The number of ether oxygens (including phenoxy) is 1. The number of hydrogen-bond donors (Lipinski definition) is 2. The molecule has 0 aliphatic carbocycles. The predicted octanol–water partition coefficient (Wildman–Crippen LogP) is -0.412. The number of morpholine rings is 1. The minimum Gasteiger partial charge on any atom is -0.350 e. The summed E-state index contributed by atoms with van der Waals surface area (Å²) in [7, 11) is -1.18. The van der Waals surface area contributed by atoms with Gasteiger partial charge in [0, 0.05) is 57.7 Å². The summed E-state index contributed by atoms with van der Waals surface area (Å²) in [6, 6.07) is 0. The number of rotatable bonds is 6. The summed E-state index contributed by atoms with van der Waals surface area (Å²) >= 11 is 4.01. The molecule has 1 amide bonds. The quantitative estimate of drug-likeness (QED) is 0.421. The molecule has 174 valence electrons. The number of aryl methyl sites for hydroxylation is 1. The molecule has 3 rings (SSSR count). The van der Waals surface area contributed by atoms with Crippen LogP contribution in [0.25, 0.3) is 0 Å². The lowest BCUT2D eigenvalue weighted by molar-refractivity contribution is -0.130. The van der Waals surface area contributed by atoms with Gasteiger partial charge in [0.05, 0.1) is 18.5 Å². The molecule has 3 atom stereocenters. The minimum atomic E-state index is -3.07. The van der Waals surface area contributed by atoms with Crippen LogP contribution in [-0.2, 0) is 18.6 Å². The van der Waals surface area contributed by atoms with Gasteiger partial charge < -0.3 is 14.2 Å². The fraction of sp³-hybridized carbons (Fsp3) is 0.722. The van der Waals surface area contributed by atoms with Crippen LogP contribution in [0.15, 0.2) is 15.8 Å². The highest BCUT2D eigenvalue weighted by Gasteiger charge is 2.34. The second-order valence-corrected chi connectivity index (χ2v) is 10.8. The molecule has 0 saturated carbocycles. The second-order valence-electron chi connectivity index (χ2n) is 8.00. The topological polar surface area (TPSA) is 117 Å². The van der Waals surface area contributed by atoms with Crippen LogP contribution in [0.3, 0.4) is 0 Å². The van der Waals surface area contributed by atoms with Gasteiger partial charge in [0.25, 0.3) is 13.1 Å². The summed E-state index contributed by atoms with van der Waals surface area (Å²) in [5.74, 6) is 0.124. The number of aromatic nitrogens is 2. The molecule has 11 nitrogen and oxygen atoms in total. The van der Waals surface area contributed by atoms with Gasteiger partial charge in [0.2, 0.25) is 5.91 Å². The van der Waals surface area contributed by atoms with Crippen LogP contribution in [0.2, 0.25) is 0 Å². The maximum atomic E-state index is 13.1. The lowest BCUT2D eigenvalue weighted by atomic mass is 10.2. The van der Waals surface area contributed by atoms with Gasteiger partial charge in [-0.1, -0.05) is 0 Å². The van der Waals surface area contributed by atoms with E-state index in [1.807, 2.05) is 11.9 Å². The van der Waals surface area contributed by atoms with Gasteiger partial charge in [0.15, 0.2) is 6.23 Å². The molecule has 1 aromatic heterocycles. The second kappa shape index (κ2) is 10.0. The van der Waals surface area contributed by atoms with Crippen molar-refractivity contribution in [3.8, 4) is 0 Å². The number of amides is 1. The molecular formula is C18H30N5O6PS. The monoisotopic (exact) mass is 475 g/mol. The van der Waals surface area contributed by atoms with E-state index in [1.54, 1.807) is 23.2 Å². The maximum absolute atomic E-state index is 13.1. The van der Waals surface area contributed by atoms with Crippen LogP contribution in [-0.4, -0.2) is 101 Å². The Kier molecular flexibility index (Phi) is 7.82. The number of carbonyl (C=O) groups is 1. The van der Waals surface area contributed by atoms with Crippen molar-refractivity contribution in [2.24, 2.45) is 0 Å². The van der Waals surface area contributed by atoms with Gasteiger partial charge in [0.1, 0.15) is 0 Å². The first-order valence-corrected chi connectivity index (χ1v) is 12.8. The Morgan fingerprint density at radius 3 is 2.61 bits per heavy atom. The first-order valence-electron chi connectivity index (χ1n) is 10.1. The Bertz CT molecular complexity index is 959. The summed E-state index contributed by atoms with van der Waals surface area (Å²) in [5, 5.41) is 0. The van der Waals surface area contributed by atoms with Crippen molar-refractivity contribution in [2.75, 3.05) is 65.3 Å². The number of aromatic amines is 1. The zero-order chi connectivity index (χ0) is 22.8. The number of nitrogens with zero attached hydrogens (tertiary/aromatic N) is 4. The van der Waals surface area contributed by atoms with E-state index in [4.69, 9.17) is 9.26 Å². The highest BCUT2D eigenvalue weighted by molar-refractivity contribution is 7.81. The molecule has 0 radical (unpaired) electrons. The molecule has 0 bridgehead atoms. The Morgan fingerprint density at radius 1 is 1.29 bits per heavy atom. The average molecular weight is 476 g/mol. The van der Waals surface area contributed by atoms with E-state index >= 15 is 0 Å². The normalized spacial score (nSPS) is 25.4. The SMILES string of the molecule is Cc1cn(C2CN(C)C[C@@H](CO[P@](C)(=O)N3CCN(C(=O)CS)CC3)O2)c(=O)[nH]c1=O. The Hall–Kier alpha value is -1.43. The predicted molar refractivity (Wildman–Crippen MR) is 119 cm³/mol. The molecule has 3 heterocycles. The van der Waals surface area contributed by atoms with E-state index in [1.165, 1.54) is 10.8 Å². The van der Waals surface area contributed by atoms with Crippen molar-refractivity contribution < 1.29 is 18.6 Å². The molecule has 2 aliphatic heterocycles. The zero-order valence-electron chi connectivity index (χ0n) is 18.0. The Balaban J connectivity index is 1.60. The zero-order valence-corrected chi connectivity index (χ0v) is 19.8. The van der Waals surface area contributed by atoms with E-state index in [0.29, 0.717) is 44.8 Å². The fourth-order valence-electron chi connectivity index (χ4n) is 3.75. The summed E-state index contributed by atoms with van der Waals surface area (Å²) < 4.78 is 28.1. The number of nitrogens with one attached hydrogen (secondary N) is 1. The van der Waals surface area contributed by atoms with Gasteiger partial charge >= 0.3 is 5.69 Å². The Morgan fingerprint density at radius 2 is 1.97 bits per heavy atom.